The molecule has 4 heteroatoms. The molecule has 4 nitrogen and oxygen atoms in total. The molecule has 3 saturated carbocycles. The van der Waals surface area contributed by atoms with Crippen molar-refractivity contribution in [2.75, 3.05) is 6.61 Å². The number of aliphatic hydroxyl groups is 3. The van der Waals surface area contributed by atoms with Crippen LogP contribution in [-0.4, -0.2) is 44.8 Å². The van der Waals surface area contributed by atoms with E-state index in [-0.39, 0.29) is 5.41 Å². The Morgan fingerprint density at radius 1 is 0.969 bits per heavy atom. The third-order valence-electron chi connectivity index (χ3n) is 11.3. The van der Waals surface area contributed by atoms with Crippen molar-refractivity contribution in [2.45, 2.75) is 102 Å². The molecule has 0 radical (unpaired) electrons. The normalized spacial score (nSPS) is 53.8. The lowest BCUT2D eigenvalue weighted by atomic mass is 9.42. The number of ether oxygens (including phenoxy) is 1. The zero-order valence-electron chi connectivity index (χ0n) is 20.7. The molecule has 1 heterocycles. The lowest BCUT2D eigenvalue weighted by molar-refractivity contribution is -0.285. The average Bonchev–Trinajstić information content (AvgIpc) is 3.23. The van der Waals surface area contributed by atoms with E-state index in [1.165, 1.54) is 6.42 Å². The van der Waals surface area contributed by atoms with E-state index in [2.05, 4.69) is 39.8 Å². The summed E-state index contributed by atoms with van der Waals surface area (Å²) in [6.45, 7) is 12.0. The van der Waals surface area contributed by atoms with Crippen molar-refractivity contribution in [1.82, 2.24) is 0 Å². The third kappa shape index (κ3) is 2.64. The number of aliphatic hydroxyl groups excluding tert-OH is 1. The number of hydrogen-bond acceptors (Lipinski definition) is 4. The Labute approximate surface area is 194 Å². The van der Waals surface area contributed by atoms with Gasteiger partial charge in [0.1, 0.15) is 11.2 Å². The maximum absolute atomic E-state index is 12.4. The van der Waals surface area contributed by atoms with Gasteiger partial charge >= 0.3 is 0 Å². The molecule has 4 aliphatic carbocycles. The van der Waals surface area contributed by atoms with Crippen molar-refractivity contribution in [3.05, 3.63) is 24.3 Å². The van der Waals surface area contributed by atoms with E-state index in [1.807, 2.05) is 19.1 Å². The molecule has 0 aromatic rings. The van der Waals surface area contributed by atoms with Gasteiger partial charge in [-0.15, -0.1) is 0 Å². The quantitative estimate of drug-likeness (QED) is 0.553. The molecule has 0 aromatic heterocycles. The smallest absolute Gasteiger partial charge is 0.119 e. The van der Waals surface area contributed by atoms with Gasteiger partial charge in [-0.05, 0) is 62.2 Å². The van der Waals surface area contributed by atoms with E-state index in [0.717, 1.165) is 12.8 Å². The van der Waals surface area contributed by atoms with Crippen LogP contribution in [0.4, 0.5) is 0 Å². The van der Waals surface area contributed by atoms with E-state index in [0.29, 0.717) is 61.9 Å². The summed E-state index contributed by atoms with van der Waals surface area (Å²) in [7, 11) is 0. The van der Waals surface area contributed by atoms with Gasteiger partial charge in [0.05, 0.1) is 18.3 Å². The molecule has 32 heavy (non-hydrogen) atoms. The minimum Gasteiger partial charge on any atom is -0.393 e. The summed E-state index contributed by atoms with van der Waals surface area (Å²) in [5, 5.41) is 34.4. The van der Waals surface area contributed by atoms with E-state index < -0.39 is 28.3 Å². The molecule has 2 bridgehead atoms. The maximum atomic E-state index is 12.4. The fraction of sp³-hybridized carbons (Fsp3) is 0.857. The van der Waals surface area contributed by atoms with Gasteiger partial charge in [0.15, 0.2) is 0 Å². The zero-order valence-corrected chi connectivity index (χ0v) is 20.7. The predicted octanol–water partition coefficient (Wildman–Crippen LogP) is 4.63. The van der Waals surface area contributed by atoms with Gasteiger partial charge in [-0.25, -0.2) is 0 Å². The highest BCUT2D eigenvalue weighted by Gasteiger charge is 2.79. The van der Waals surface area contributed by atoms with Crippen LogP contribution in [0.2, 0.25) is 0 Å². The standard InChI is InChI=1S/C28H44O4/c1-18(2)19(3)6-7-20(4)22-8-9-23-25(22)12-15-28(31)24(5)11-10-21(29)16-26(24,30)13-14-27(23,28)32-17-25/h6-7,13-14,18-23,29-31H,8-12,15-17H2,1-5H3/b7-6+/t19-,20+,21-,22+,23?,24-,25-,26-,27+,28+/m1/s1. The first kappa shape index (κ1) is 23.1. The number of rotatable bonds is 4. The van der Waals surface area contributed by atoms with Crippen molar-refractivity contribution in [2.24, 2.45) is 40.4 Å². The minimum absolute atomic E-state index is 0.112. The number of hydrogen-bond donors (Lipinski definition) is 3. The number of fused-ring (bicyclic) bond motifs is 2. The van der Waals surface area contributed by atoms with E-state index in [4.69, 9.17) is 4.74 Å². The molecule has 0 amide bonds. The SMILES string of the molecule is CC(C)[C@H](C)/C=C/[C@H](C)[C@@H]1CCC2[C@@]13CC[C@]1(O)[C@]4(C)CC[C@@H](O)C[C@]4(O)C=C[C@]21OC3. The maximum Gasteiger partial charge on any atom is 0.119 e. The average molecular weight is 445 g/mol. The molecule has 4 fully saturated rings. The first-order chi connectivity index (χ1) is 14.9. The lowest BCUT2D eigenvalue weighted by Crippen LogP contribution is -2.76. The van der Waals surface area contributed by atoms with Crippen molar-refractivity contribution in [3.63, 3.8) is 0 Å². The van der Waals surface area contributed by atoms with Crippen molar-refractivity contribution >= 4 is 0 Å². The molecule has 180 valence electrons. The van der Waals surface area contributed by atoms with Gasteiger partial charge in [0, 0.05) is 23.2 Å². The molecule has 5 rings (SSSR count). The fourth-order valence-electron chi connectivity index (χ4n) is 8.77. The van der Waals surface area contributed by atoms with Crippen LogP contribution in [0.1, 0.15) is 79.6 Å². The van der Waals surface area contributed by atoms with Crippen LogP contribution < -0.4 is 0 Å². The molecule has 3 N–H and O–H groups in total. The second-order valence-corrected chi connectivity index (χ2v) is 12.7. The van der Waals surface area contributed by atoms with Gasteiger partial charge < -0.3 is 20.1 Å². The van der Waals surface area contributed by atoms with Gasteiger partial charge in [0.25, 0.3) is 0 Å². The zero-order chi connectivity index (χ0) is 23.2. The Kier molecular flexibility index (Phi) is 5.17. The second kappa shape index (κ2) is 7.16. The minimum atomic E-state index is -1.18. The van der Waals surface area contributed by atoms with Gasteiger partial charge in [-0.3, -0.25) is 0 Å². The van der Waals surface area contributed by atoms with Crippen molar-refractivity contribution in [3.8, 4) is 0 Å². The van der Waals surface area contributed by atoms with Crippen LogP contribution in [0, 0.1) is 40.4 Å². The summed E-state index contributed by atoms with van der Waals surface area (Å²) in [4.78, 5) is 0. The first-order valence-electron chi connectivity index (χ1n) is 13.1. The highest BCUT2D eigenvalue weighted by Crippen LogP contribution is 2.74. The molecule has 0 aromatic carbocycles. The van der Waals surface area contributed by atoms with E-state index in [9.17, 15) is 15.3 Å². The fourth-order valence-corrected chi connectivity index (χ4v) is 8.77. The van der Waals surface area contributed by atoms with E-state index in [1.54, 1.807) is 0 Å². The molecular formula is C28H44O4. The molecule has 1 spiro atoms. The van der Waals surface area contributed by atoms with E-state index >= 15 is 0 Å². The number of allylic oxidation sites excluding steroid dienone is 2. The monoisotopic (exact) mass is 444 g/mol. The van der Waals surface area contributed by atoms with Crippen molar-refractivity contribution < 1.29 is 20.1 Å². The summed E-state index contributed by atoms with van der Waals surface area (Å²) in [5.74, 6) is 2.59. The Hall–Kier alpha value is -0.680. The second-order valence-electron chi connectivity index (χ2n) is 12.7. The van der Waals surface area contributed by atoms with Crippen LogP contribution in [0.25, 0.3) is 0 Å². The highest BCUT2D eigenvalue weighted by molar-refractivity contribution is 5.39. The summed E-state index contributed by atoms with van der Waals surface area (Å²) in [5.41, 5.74) is -3.59. The van der Waals surface area contributed by atoms with Crippen LogP contribution in [-0.2, 0) is 4.74 Å². The topological polar surface area (TPSA) is 69.9 Å². The van der Waals surface area contributed by atoms with Gasteiger partial charge in [-0.1, -0.05) is 58.9 Å². The Bertz CT molecular complexity index is 820. The molecule has 5 aliphatic rings. The molecule has 10 atom stereocenters. The lowest BCUT2D eigenvalue weighted by Gasteiger charge is -2.66. The largest absolute Gasteiger partial charge is 0.393 e. The molecular weight excluding hydrogens is 400 g/mol. The van der Waals surface area contributed by atoms with Gasteiger partial charge in [-0.2, -0.15) is 0 Å². The first-order valence-corrected chi connectivity index (χ1v) is 13.1. The highest BCUT2D eigenvalue weighted by atomic mass is 16.5. The van der Waals surface area contributed by atoms with Crippen LogP contribution in [0.15, 0.2) is 24.3 Å². The Balaban J connectivity index is 1.50. The summed E-state index contributed by atoms with van der Waals surface area (Å²) in [6.07, 6.45) is 13.7. The summed E-state index contributed by atoms with van der Waals surface area (Å²) >= 11 is 0. The Morgan fingerprint density at radius 3 is 2.44 bits per heavy atom. The molecule has 1 saturated heterocycles. The van der Waals surface area contributed by atoms with Crippen LogP contribution in [0.3, 0.4) is 0 Å². The summed E-state index contributed by atoms with van der Waals surface area (Å²) < 4.78 is 6.73. The predicted molar refractivity (Wildman–Crippen MR) is 126 cm³/mol. The third-order valence-corrected chi connectivity index (χ3v) is 11.3. The summed E-state index contributed by atoms with van der Waals surface area (Å²) in [6, 6.07) is 0. The Morgan fingerprint density at radius 2 is 1.72 bits per heavy atom. The molecule has 1 unspecified atom stereocenters. The van der Waals surface area contributed by atoms with Crippen molar-refractivity contribution in [1.29, 1.82) is 0 Å². The van der Waals surface area contributed by atoms with Gasteiger partial charge in [0.2, 0.25) is 0 Å². The van der Waals surface area contributed by atoms with Crippen LogP contribution in [0.5, 0.6) is 0 Å². The molecule has 1 aliphatic heterocycles. The van der Waals surface area contributed by atoms with Crippen LogP contribution >= 0.6 is 0 Å².